The molecule has 0 radical (unpaired) electrons. The number of hydrogen-bond acceptors (Lipinski definition) is 1. The van der Waals surface area contributed by atoms with E-state index in [0.717, 1.165) is 24.6 Å². The normalized spacial score (nSPS) is 13.9. The van der Waals surface area contributed by atoms with E-state index in [0.29, 0.717) is 6.42 Å². The van der Waals surface area contributed by atoms with Gasteiger partial charge in [0.15, 0.2) is 0 Å². The molecule has 1 aromatic carbocycles. The molecule has 0 aromatic heterocycles. The molecule has 0 aliphatic rings. The van der Waals surface area contributed by atoms with Crippen molar-refractivity contribution in [2.45, 2.75) is 39.7 Å². The fraction of sp³-hybridized carbons (Fsp3) is 0.538. The van der Waals surface area contributed by atoms with Crippen LogP contribution in [0.4, 0.5) is 8.78 Å². The summed E-state index contributed by atoms with van der Waals surface area (Å²) in [4.78, 5) is 0. The molecule has 0 heterocycles. The zero-order valence-electron chi connectivity index (χ0n) is 9.93. The molecule has 16 heavy (non-hydrogen) atoms. The van der Waals surface area contributed by atoms with E-state index in [9.17, 15) is 13.9 Å². The van der Waals surface area contributed by atoms with Crippen LogP contribution in [0.25, 0.3) is 0 Å². The number of aliphatic hydroxyl groups excluding tert-OH is 1. The van der Waals surface area contributed by atoms with Crippen LogP contribution in [0.3, 0.4) is 0 Å². The minimum atomic E-state index is -0.935. The molecule has 0 spiro atoms. The minimum absolute atomic E-state index is 0.0456. The van der Waals surface area contributed by atoms with Gasteiger partial charge in [-0.05, 0) is 36.5 Å². The largest absolute Gasteiger partial charge is 0.388 e. The van der Waals surface area contributed by atoms with Crippen molar-refractivity contribution in [1.82, 2.24) is 0 Å². The van der Waals surface area contributed by atoms with Gasteiger partial charge in [0, 0.05) is 5.56 Å². The summed E-state index contributed by atoms with van der Waals surface area (Å²) in [5.74, 6) is -1.07. The molecule has 0 fully saturated rings. The van der Waals surface area contributed by atoms with Crippen molar-refractivity contribution >= 4 is 0 Å². The lowest BCUT2D eigenvalue weighted by Crippen LogP contribution is -2.09. The average molecular weight is 228 g/mol. The maximum absolute atomic E-state index is 13.3. The highest BCUT2D eigenvalue weighted by atomic mass is 19.1. The average Bonchev–Trinajstić information content (AvgIpc) is 2.17. The highest BCUT2D eigenvalue weighted by Crippen LogP contribution is 2.28. The van der Waals surface area contributed by atoms with Gasteiger partial charge in [-0.2, -0.15) is 0 Å². The molecule has 1 aromatic rings. The first-order valence-electron chi connectivity index (χ1n) is 5.42. The summed E-state index contributed by atoms with van der Waals surface area (Å²) in [6.45, 7) is 6.13. The monoisotopic (exact) mass is 228 g/mol. The maximum Gasteiger partial charge on any atom is 0.129 e. The standard InChI is InChI=1S/C13H18F2O/c1-13(2,3)7-6-12(16)10-8-9(14)4-5-11(10)15/h4-5,8,12,16H,6-7H2,1-3H3. The molecule has 3 heteroatoms. The highest BCUT2D eigenvalue weighted by molar-refractivity contribution is 5.20. The number of aliphatic hydroxyl groups is 1. The molecule has 90 valence electrons. The summed E-state index contributed by atoms with van der Waals surface area (Å²) in [7, 11) is 0. The molecule has 1 unspecified atom stereocenters. The van der Waals surface area contributed by atoms with Gasteiger partial charge < -0.3 is 5.11 Å². The summed E-state index contributed by atoms with van der Waals surface area (Å²) in [6, 6.07) is 3.16. The lowest BCUT2D eigenvalue weighted by molar-refractivity contribution is 0.143. The third-order valence-corrected chi connectivity index (χ3v) is 2.48. The van der Waals surface area contributed by atoms with Gasteiger partial charge in [-0.1, -0.05) is 20.8 Å². The lowest BCUT2D eigenvalue weighted by atomic mass is 9.88. The van der Waals surface area contributed by atoms with Crippen LogP contribution in [0, 0.1) is 17.0 Å². The van der Waals surface area contributed by atoms with Crippen LogP contribution < -0.4 is 0 Å². The predicted octanol–water partition coefficient (Wildman–Crippen LogP) is 3.82. The Morgan fingerprint density at radius 3 is 2.44 bits per heavy atom. The van der Waals surface area contributed by atoms with E-state index in [1.165, 1.54) is 0 Å². The van der Waals surface area contributed by atoms with Gasteiger partial charge in [-0.15, -0.1) is 0 Å². The zero-order chi connectivity index (χ0) is 12.3. The van der Waals surface area contributed by atoms with Crippen LogP contribution in [0.5, 0.6) is 0 Å². The van der Waals surface area contributed by atoms with E-state index in [4.69, 9.17) is 0 Å². The number of rotatable bonds is 3. The van der Waals surface area contributed by atoms with E-state index >= 15 is 0 Å². The fourth-order valence-electron chi connectivity index (χ4n) is 1.50. The Kier molecular flexibility index (Phi) is 4.03. The van der Waals surface area contributed by atoms with Crippen molar-refractivity contribution in [1.29, 1.82) is 0 Å². The van der Waals surface area contributed by atoms with Crippen molar-refractivity contribution < 1.29 is 13.9 Å². The molecule has 0 aliphatic carbocycles. The Morgan fingerprint density at radius 1 is 1.25 bits per heavy atom. The topological polar surface area (TPSA) is 20.2 Å². The predicted molar refractivity (Wildman–Crippen MR) is 60.0 cm³/mol. The summed E-state index contributed by atoms with van der Waals surface area (Å²) in [5.41, 5.74) is 0.120. The van der Waals surface area contributed by atoms with Crippen molar-refractivity contribution in [3.63, 3.8) is 0 Å². The van der Waals surface area contributed by atoms with E-state index in [1.54, 1.807) is 0 Å². The number of halogens is 2. The van der Waals surface area contributed by atoms with Crippen molar-refractivity contribution in [2.24, 2.45) is 5.41 Å². The van der Waals surface area contributed by atoms with Gasteiger partial charge in [0.25, 0.3) is 0 Å². The van der Waals surface area contributed by atoms with Crippen LogP contribution in [0.2, 0.25) is 0 Å². The summed E-state index contributed by atoms with van der Waals surface area (Å²) in [6.07, 6.45) is 0.253. The van der Waals surface area contributed by atoms with Crippen LogP contribution >= 0.6 is 0 Å². The minimum Gasteiger partial charge on any atom is -0.388 e. The molecular formula is C13H18F2O. The second-order valence-corrected chi connectivity index (χ2v) is 5.28. The summed E-state index contributed by atoms with van der Waals surface area (Å²) in [5, 5.41) is 9.78. The maximum atomic E-state index is 13.3. The molecule has 0 saturated carbocycles. The van der Waals surface area contributed by atoms with E-state index in [-0.39, 0.29) is 11.0 Å². The van der Waals surface area contributed by atoms with Crippen LogP contribution in [-0.4, -0.2) is 5.11 Å². The molecular weight excluding hydrogens is 210 g/mol. The van der Waals surface area contributed by atoms with Crippen LogP contribution in [-0.2, 0) is 0 Å². The lowest BCUT2D eigenvalue weighted by Gasteiger charge is -2.20. The molecule has 0 bridgehead atoms. The Labute approximate surface area is 95.1 Å². The second-order valence-electron chi connectivity index (χ2n) is 5.28. The fourth-order valence-corrected chi connectivity index (χ4v) is 1.50. The molecule has 0 amide bonds. The first kappa shape index (κ1) is 13.1. The number of benzene rings is 1. The Bertz CT molecular complexity index is 355. The van der Waals surface area contributed by atoms with E-state index < -0.39 is 17.7 Å². The van der Waals surface area contributed by atoms with Gasteiger partial charge in [-0.3, -0.25) is 0 Å². The van der Waals surface area contributed by atoms with Crippen molar-refractivity contribution in [3.05, 3.63) is 35.4 Å². The van der Waals surface area contributed by atoms with Gasteiger partial charge in [0.05, 0.1) is 6.10 Å². The van der Waals surface area contributed by atoms with Crippen molar-refractivity contribution in [2.75, 3.05) is 0 Å². The third kappa shape index (κ3) is 3.89. The van der Waals surface area contributed by atoms with Gasteiger partial charge in [-0.25, -0.2) is 8.78 Å². The highest BCUT2D eigenvalue weighted by Gasteiger charge is 2.17. The van der Waals surface area contributed by atoms with Crippen LogP contribution in [0.15, 0.2) is 18.2 Å². The molecule has 1 N–H and O–H groups in total. The zero-order valence-corrected chi connectivity index (χ0v) is 9.93. The van der Waals surface area contributed by atoms with Crippen LogP contribution in [0.1, 0.15) is 45.3 Å². The smallest absolute Gasteiger partial charge is 0.129 e. The second kappa shape index (κ2) is 4.91. The SMILES string of the molecule is CC(C)(C)CCC(O)c1cc(F)ccc1F. The Hall–Kier alpha value is -0.960. The first-order chi connectivity index (χ1) is 7.29. The molecule has 0 saturated heterocycles. The molecule has 1 rings (SSSR count). The Balaban J connectivity index is 2.73. The number of hydrogen-bond donors (Lipinski definition) is 1. The quantitative estimate of drug-likeness (QED) is 0.833. The van der Waals surface area contributed by atoms with E-state index in [2.05, 4.69) is 0 Å². The summed E-state index contributed by atoms with van der Waals surface area (Å²) < 4.78 is 26.2. The first-order valence-corrected chi connectivity index (χ1v) is 5.42. The van der Waals surface area contributed by atoms with Gasteiger partial charge >= 0.3 is 0 Å². The van der Waals surface area contributed by atoms with E-state index in [1.807, 2.05) is 20.8 Å². The van der Waals surface area contributed by atoms with Gasteiger partial charge in [0.2, 0.25) is 0 Å². The Morgan fingerprint density at radius 2 is 1.88 bits per heavy atom. The van der Waals surface area contributed by atoms with Crippen molar-refractivity contribution in [3.8, 4) is 0 Å². The molecule has 0 aliphatic heterocycles. The van der Waals surface area contributed by atoms with Gasteiger partial charge in [0.1, 0.15) is 11.6 Å². The molecule has 1 atom stereocenters. The third-order valence-electron chi connectivity index (χ3n) is 2.48. The summed E-state index contributed by atoms with van der Waals surface area (Å²) >= 11 is 0. The molecule has 1 nitrogen and oxygen atoms in total.